The summed E-state index contributed by atoms with van der Waals surface area (Å²) in [4.78, 5) is 14.9. The maximum atomic E-state index is 12.8. The van der Waals surface area contributed by atoms with E-state index in [0.717, 1.165) is 0 Å². The molecule has 0 aliphatic rings. The van der Waals surface area contributed by atoms with Gasteiger partial charge in [-0.3, -0.25) is 4.79 Å². The molecule has 3 rings (SSSR count). The normalized spacial score (nSPS) is 12.0. The third-order valence-corrected chi connectivity index (χ3v) is 4.88. The predicted octanol–water partition coefficient (Wildman–Crippen LogP) is 3.89. The van der Waals surface area contributed by atoms with Crippen molar-refractivity contribution >= 4 is 16.7 Å². The van der Waals surface area contributed by atoms with Crippen LogP contribution in [0.15, 0.2) is 60.7 Å². The minimum absolute atomic E-state index is 0.0440. The summed E-state index contributed by atoms with van der Waals surface area (Å²) < 4.78 is 10.5. The van der Waals surface area contributed by atoms with Gasteiger partial charge in [-0.15, -0.1) is 0 Å². The topological polar surface area (TPSA) is 50.8 Å². The lowest BCUT2D eigenvalue weighted by Gasteiger charge is -2.26. The quantitative estimate of drug-likeness (QED) is 0.678. The van der Waals surface area contributed by atoms with Crippen molar-refractivity contribution in [1.29, 1.82) is 0 Å². The number of likely N-dealkylation sites (N-methyl/N-ethyl adjacent to an activating group) is 1. The fraction of sp³-hybridized carbons (Fsp3) is 0.261. The number of carbonyl (C=O) groups is 1. The van der Waals surface area contributed by atoms with Crippen LogP contribution in [0.4, 0.5) is 0 Å². The Morgan fingerprint density at radius 2 is 1.61 bits per heavy atom. The van der Waals surface area contributed by atoms with Crippen LogP contribution in [0.25, 0.3) is 10.8 Å². The highest BCUT2D eigenvalue weighted by atomic mass is 16.5. The van der Waals surface area contributed by atoms with E-state index >= 15 is 0 Å². The summed E-state index contributed by atoms with van der Waals surface area (Å²) in [6.45, 7) is 0.485. The molecule has 1 amide bonds. The Morgan fingerprint density at radius 1 is 0.964 bits per heavy atom. The summed E-state index contributed by atoms with van der Waals surface area (Å²) in [5.41, 5.74) is 1.69. The number of hydrogen-bond acceptors (Lipinski definition) is 4. The molecule has 1 N–H and O–H groups in total. The second-order valence-electron chi connectivity index (χ2n) is 6.86. The van der Waals surface area contributed by atoms with Crippen LogP contribution in [0, 0.1) is 0 Å². The van der Waals surface area contributed by atoms with Crippen LogP contribution in [-0.4, -0.2) is 45.7 Å². The molecule has 0 saturated carbocycles. The average Bonchev–Trinajstić information content (AvgIpc) is 2.73. The van der Waals surface area contributed by atoms with Gasteiger partial charge in [-0.25, -0.2) is 0 Å². The van der Waals surface area contributed by atoms with Crippen LogP contribution >= 0.6 is 0 Å². The number of hydrogen-bond donors (Lipinski definition) is 1. The van der Waals surface area contributed by atoms with Crippen LogP contribution < -0.4 is 14.8 Å². The van der Waals surface area contributed by atoms with Gasteiger partial charge < -0.3 is 19.7 Å². The maximum Gasteiger partial charge on any atom is 0.251 e. The fourth-order valence-electron chi connectivity index (χ4n) is 3.34. The molecule has 146 valence electrons. The molecular formula is C23H26N2O3. The molecule has 3 aromatic carbocycles. The van der Waals surface area contributed by atoms with Gasteiger partial charge in [-0.05, 0) is 42.6 Å². The predicted molar refractivity (Wildman–Crippen MR) is 112 cm³/mol. The molecule has 1 atom stereocenters. The number of rotatable bonds is 7. The van der Waals surface area contributed by atoms with E-state index in [0.29, 0.717) is 23.6 Å². The number of amides is 1. The van der Waals surface area contributed by atoms with Crippen LogP contribution in [0.1, 0.15) is 22.0 Å². The monoisotopic (exact) mass is 378 g/mol. The van der Waals surface area contributed by atoms with Gasteiger partial charge in [0.25, 0.3) is 5.91 Å². The third-order valence-electron chi connectivity index (χ3n) is 4.88. The fourth-order valence-corrected chi connectivity index (χ4v) is 3.34. The summed E-state index contributed by atoms with van der Waals surface area (Å²) in [5.74, 6) is 1.01. The lowest BCUT2D eigenvalue weighted by molar-refractivity contribution is 0.0941. The lowest BCUT2D eigenvalue weighted by atomic mass is 9.98. The number of methoxy groups -OCH3 is 2. The second kappa shape index (κ2) is 8.76. The van der Waals surface area contributed by atoms with Crippen LogP contribution in [-0.2, 0) is 0 Å². The van der Waals surface area contributed by atoms with E-state index in [-0.39, 0.29) is 11.9 Å². The van der Waals surface area contributed by atoms with Crippen molar-refractivity contribution < 1.29 is 14.3 Å². The molecule has 0 saturated heterocycles. The Kier molecular flexibility index (Phi) is 6.16. The zero-order valence-electron chi connectivity index (χ0n) is 16.7. The van der Waals surface area contributed by atoms with Gasteiger partial charge in [-0.2, -0.15) is 0 Å². The molecule has 0 unspecified atom stereocenters. The molecule has 0 spiro atoms. The van der Waals surface area contributed by atoms with E-state index in [1.807, 2.05) is 26.2 Å². The first-order valence-corrected chi connectivity index (χ1v) is 9.19. The van der Waals surface area contributed by atoms with Crippen LogP contribution in [0.3, 0.4) is 0 Å². The molecule has 3 aromatic rings. The van der Waals surface area contributed by atoms with E-state index < -0.39 is 0 Å². The van der Waals surface area contributed by atoms with Gasteiger partial charge in [0.2, 0.25) is 0 Å². The van der Waals surface area contributed by atoms with E-state index in [4.69, 9.17) is 9.47 Å². The van der Waals surface area contributed by atoms with E-state index in [1.165, 1.54) is 16.3 Å². The van der Waals surface area contributed by atoms with Gasteiger partial charge in [0.15, 0.2) is 0 Å². The minimum Gasteiger partial charge on any atom is -0.497 e. The van der Waals surface area contributed by atoms with Crippen molar-refractivity contribution in [2.75, 3.05) is 34.9 Å². The van der Waals surface area contributed by atoms with E-state index in [9.17, 15) is 4.79 Å². The van der Waals surface area contributed by atoms with Crippen molar-refractivity contribution in [2.45, 2.75) is 6.04 Å². The zero-order chi connectivity index (χ0) is 20.1. The first kappa shape index (κ1) is 19.7. The van der Waals surface area contributed by atoms with Gasteiger partial charge in [-0.1, -0.05) is 42.5 Å². The molecule has 5 heteroatoms. The van der Waals surface area contributed by atoms with E-state index in [1.54, 1.807) is 32.4 Å². The minimum atomic E-state index is -0.163. The Labute approximate surface area is 165 Å². The summed E-state index contributed by atoms with van der Waals surface area (Å²) in [6.07, 6.45) is 0. The lowest BCUT2D eigenvalue weighted by Crippen LogP contribution is -2.34. The Hall–Kier alpha value is -3.05. The number of benzene rings is 3. The molecule has 0 radical (unpaired) electrons. The molecule has 0 aromatic heterocycles. The molecule has 0 aliphatic carbocycles. The zero-order valence-corrected chi connectivity index (χ0v) is 16.7. The van der Waals surface area contributed by atoms with E-state index in [2.05, 4.69) is 40.5 Å². The standard InChI is InChI=1S/C23H26N2O3/c1-25(2)22(21-11-7-9-16-8-5-6-10-20(16)21)15-24-23(26)17-12-18(27-3)14-19(13-17)28-4/h5-14,22H,15H2,1-4H3,(H,24,26)/t22-/m1/s1. The highest BCUT2D eigenvalue weighted by Crippen LogP contribution is 2.27. The molecule has 28 heavy (non-hydrogen) atoms. The summed E-state index contributed by atoms with van der Waals surface area (Å²) in [6, 6.07) is 19.8. The number of nitrogens with one attached hydrogen (secondary N) is 1. The van der Waals surface area contributed by atoms with Gasteiger partial charge in [0, 0.05) is 18.2 Å². The maximum absolute atomic E-state index is 12.8. The Bertz CT molecular complexity index is 941. The van der Waals surface area contributed by atoms with Gasteiger partial charge in [0.05, 0.1) is 20.3 Å². The summed E-state index contributed by atoms with van der Waals surface area (Å²) in [5, 5.41) is 5.44. The molecule has 0 fully saturated rings. The number of carbonyl (C=O) groups excluding carboxylic acids is 1. The van der Waals surface area contributed by atoms with Crippen molar-refractivity contribution in [3.05, 3.63) is 71.8 Å². The highest BCUT2D eigenvalue weighted by Gasteiger charge is 2.18. The first-order chi connectivity index (χ1) is 13.5. The summed E-state index contributed by atoms with van der Waals surface area (Å²) in [7, 11) is 7.18. The van der Waals surface area contributed by atoms with Crippen molar-refractivity contribution in [2.24, 2.45) is 0 Å². The first-order valence-electron chi connectivity index (χ1n) is 9.19. The van der Waals surface area contributed by atoms with Crippen LogP contribution in [0.5, 0.6) is 11.5 Å². The molecule has 0 heterocycles. The highest BCUT2D eigenvalue weighted by molar-refractivity contribution is 5.95. The number of nitrogens with zero attached hydrogens (tertiary/aromatic N) is 1. The third kappa shape index (κ3) is 4.26. The largest absolute Gasteiger partial charge is 0.497 e. The molecular weight excluding hydrogens is 352 g/mol. The second-order valence-corrected chi connectivity index (χ2v) is 6.86. The Morgan fingerprint density at radius 3 is 2.25 bits per heavy atom. The number of ether oxygens (including phenoxy) is 2. The SMILES string of the molecule is COc1cc(OC)cc(C(=O)NC[C@H](c2cccc3ccccc23)N(C)C)c1. The van der Waals surface area contributed by atoms with Crippen molar-refractivity contribution in [3.63, 3.8) is 0 Å². The smallest absolute Gasteiger partial charge is 0.251 e. The van der Waals surface area contributed by atoms with Crippen LogP contribution in [0.2, 0.25) is 0 Å². The summed E-state index contributed by atoms with van der Waals surface area (Å²) >= 11 is 0. The molecule has 0 bridgehead atoms. The Balaban J connectivity index is 1.83. The van der Waals surface area contributed by atoms with Crippen molar-refractivity contribution in [3.8, 4) is 11.5 Å². The van der Waals surface area contributed by atoms with Crippen molar-refractivity contribution in [1.82, 2.24) is 10.2 Å². The van der Waals surface area contributed by atoms with Gasteiger partial charge in [0.1, 0.15) is 11.5 Å². The number of fused-ring (bicyclic) bond motifs is 1. The molecule has 5 nitrogen and oxygen atoms in total. The average molecular weight is 378 g/mol. The van der Waals surface area contributed by atoms with Gasteiger partial charge >= 0.3 is 0 Å². The molecule has 0 aliphatic heterocycles.